The number of carbonyl (C=O) groups excluding carboxylic acids is 1. The van der Waals surface area contributed by atoms with Gasteiger partial charge < -0.3 is 9.90 Å². The Bertz CT molecular complexity index is 90.4. The summed E-state index contributed by atoms with van der Waals surface area (Å²) in [5.41, 5.74) is -0.222. The molecule has 0 aromatic carbocycles. The van der Waals surface area contributed by atoms with E-state index in [0.717, 1.165) is 0 Å². The maximum absolute atomic E-state index is 10.1. The number of carboxylic acid groups (broad SMARTS) is 1. The molecule has 0 rings (SSSR count). The number of carboxylic acids is 1. The average Bonchev–Trinajstić information content (AvgIpc) is 1.64. The molecule has 0 spiro atoms. The van der Waals surface area contributed by atoms with Crippen molar-refractivity contribution in [3.8, 4) is 0 Å². The van der Waals surface area contributed by atoms with E-state index in [1.807, 2.05) is 13.1 Å². The fraction of sp³-hybridized carbons (Fsp3) is 0.800. The van der Waals surface area contributed by atoms with Crippen molar-refractivity contribution in [2.75, 3.05) is 0 Å². The van der Waals surface area contributed by atoms with Crippen LogP contribution in [0, 0.1) is 0 Å². The van der Waals surface area contributed by atoms with E-state index in [4.69, 9.17) is 0 Å². The van der Waals surface area contributed by atoms with Gasteiger partial charge in [0.25, 0.3) is 0 Å². The highest BCUT2D eigenvalue weighted by Gasteiger charge is 2.07. The normalized spacial score (nSPS) is 14.0. The summed E-state index contributed by atoms with van der Waals surface area (Å²) >= 11 is 0. The number of carbonyl (C=O) groups is 1. The van der Waals surface area contributed by atoms with Crippen LogP contribution in [0.15, 0.2) is 0 Å². The second-order valence-corrected chi connectivity index (χ2v) is 5.14. The molecule has 8 heavy (non-hydrogen) atoms. The van der Waals surface area contributed by atoms with Crippen LogP contribution in [0.2, 0.25) is 18.6 Å². The van der Waals surface area contributed by atoms with Crippen molar-refractivity contribution in [3.63, 3.8) is 0 Å². The van der Waals surface area contributed by atoms with E-state index in [1.54, 1.807) is 6.92 Å². The van der Waals surface area contributed by atoms with Crippen molar-refractivity contribution < 1.29 is 9.90 Å². The minimum Gasteiger partial charge on any atom is -0.550 e. The molecule has 0 saturated carbocycles. The Kier molecular flexibility index (Phi) is 2.75. The molecular formula is C5H10O2Si-. The second-order valence-electron chi connectivity index (χ2n) is 2.12. The van der Waals surface area contributed by atoms with E-state index in [-0.39, 0.29) is 5.54 Å². The molecule has 0 aliphatic heterocycles. The molecule has 3 heteroatoms. The lowest BCUT2D eigenvalue weighted by molar-refractivity contribution is -0.305. The first-order chi connectivity index (χ1) is 3.55. The highest BCUT2D eigenvalue weighted by Crippen LogP contribution is 2.05. The van der Waals surface area contributed by atoms with Crippen LogP contribution in [0.3, 0.4) is 0 Å². The quantitative estimate of drug-likeness (QED) is 0.489. The molecule has 0 aliphatic rings. The molecule has 0 aromatic rings. The summed E-state index contributed by atoms with van der Waals surface area (Å²) in [5, 5.41) is 10.1. The highest BCUT2D eigenvalue weighted by molar-refractivity contribution is 6.61. The lowest BCUT2D eigenvalue weighted by Crippen LogP contribution is -2.32. The van der Waals surface area contributed by atoms with Gasteiger partial charge in [0, 0.05) is 5.97 Å². The van der Waals surface area contributed by atoms with Crippen molar-refractivity contribution in [1.82, 2.24) is 0 Å². The largest absolute Gasteiger partial charge is 0.550 e. The minimum atomic E-state index is -0.913. The van der Waals surface area contributed by atoms with Gasteiger partial charge in [-0.05, 0) is 5.54 Å². The molecule has 0 heterocycles. The van der Waals surface area contributed by atoms with Crippen LogP contribution in [0.5, 0.6) is 0 Å². The molecule has 47 valence electrons. The summed E-state index contributed by atoms with van der Waals surface area (Å²) in [6.45, 7) is 5.62. The highest BCUT2D eigenvalue weighted by atomic mass is 28.3. The van der Waals surface area contributed by atoms with Crippen molar-refractivity contribution >= 4 is 14.8 Å². The van der Waals surface area contributed by atoms with E-state index < -0.39 is 14.8 Å². The third-order valence-electron chi connectivity index (χ3n) is 1.22. The Morgan fingerprint density at radius 3 is 2.00 bits per heavy atom. The van der Waals surface area contributed by atoms with Crippen molar-refractivity contribution in [2.45, 2.75) is 25.6 Å². The Morgan fingerprint density at radius 1 is 1.62 bits per heavy atom. The van der Waals surface area contributed by atoms with Crippen LogP contribution in [-0.4, -0.2) is 14.8 Å². The van der Waals surface area contributed by atoms with E-state index in [0.29, 0.717) is 0 Å². The maximum atomic E-state index is 10.1. The number of hydrogen-bond donors (Lipinski definition) is 0. The number of aliphatic carboxylic acids is 1. The van der Waals surface area contributed by atoms with E-state index in [1.165, 1.54) is 0 Å². The van der Waals surface area contributed by atoms with Gasteiger partial charge in [0.15, 0.2) is 0 Å². The summed E-state index contributed by atoms with van der Waals surface area (Å²) in [5.74, 6) is -0.913. The standard InChI is InChI=1S/C5H11O2Si/c1-4(5(6)7)8(2)3/h4H,1-3H3,(H,6,7)/p-1. The molecule has 0 amide bonds. The molecule has 0 N–H and O–H groups in total. The van der Waals surface area contributed by atoms with Gasteiger partial charge in [-0.25, -0.2) is 0 Å². The van der Waals surface area contributed by atoms with Gasteiger partial charge in [-0.2, -0.15) is 0 Å². The van der Waals surface area contributed by atoms with Gasteiger partial charge in [0.2, 0.25) is 0 Å². The molecule has 1 radical (unpaired) electrons. The molecule has 0 aliphatic carbocycles. The van der Waals surface area contributed by atoms with Gasteiger partial charge in [-0.3, -0.25) is 0 Å². The fourth-order valence-corrected chi connectivity index (χ4v) is 0.707. The molecule has 0 fully saturated rings. The predicted octanol–water partition coefficient (Wildman–Crippen LogP) is -0.119. The van der Waals surface area contributed by atoms with Gasteiger partial charge in [0.05, 0.1) is 8.80 Å². The van der Waals surface area contributed by atoms with E-state index in [9.17, 15) is 9.90 Å². The van der Waals surface area contributed by atoms with Gasteiger partial charge in [-0.1, -0.05) is 20.0 Å². The molecule has 0 aromatic heterocycles. The molecule has 2 nitrogen and oxygen atoms in total. The topological polar surface area (TPSA) is 40.1 Å². The van der Waals surface area contributed by atoms with Crippen LogP contribution in [0.1, 0.15) is 6.92 Å². The molecule has 1 unspecified atom stereocenters. The molecule has 0 bridgehead atoms. The Hall–Kier alpha value is -0.313. The Labute approximate surface area is 51.1 Å². The van der Waals surface area contributed by atoms with E-state index >= 15 is 0 Å². The lowest BCUT2D eigenvalue weighted by Gasteiger charge is -2.13. The molecular weight excluding hydrogens is 120 g/mol. The van der Waals surface area contributed by atoms with Crippen molar-refractivity contribution in [1.29, 1.82) is 0 Å². The van der Waals surface area contributed by atoms with Gasteiger partial charge >= 0.3 is 0 Å². The second kappa shape index (κ2) is 2.87. The minimum absolute atomic E-state index is 0.222. The third-order valence-corrected chi connectivity index (χ3v) is 3.19. The summed E-state index contributed by atoms with van der Waals surface area (Å²) < 4.78 is 0. The maximum Gasteiger partial charge on any atom is 0.0509 e. The molecule has 0 saturated heterocycles. The van der Waals surface area contributed by atoms with E-state index in [2.05, 4.69) is 0 Å². The summed E-state index contributed by atoms with van der Waals surface area (Å²) in [6, 6.07) is 0. The van der Waals surface area contributed by atoms with Gasteiger partial charge in [0.1, 0.15) is 0 Å². The summed E-state index contributed by atoms with van der Waals surface area (Å²) in [7, 11) is -0.674. The lowest BCUT2D eigenvalue weighted by atomic mass is 10.5. The SMILES string of the molecule is CC(C(=O)[O-])[Si](C)C. The fourth-order valence-electron chi connectivity index (χ4n) is 0.236. The van der Waals surface area contributed by atoms with Crippen molar-refractivity contribution in [2.24, 2.45) is 0 Å². The first-order valence-electron chi connectivity index (χ1n) is 2.56. The van der Waals surface area contributed by atoms with Crippen molar-refractivity contribution in [3.05, 3.63) is 0 Å². The zero-order chi connectivity index (χ0) is 6.73. The monoisotopic (exact) mass is 130 g/mol. The van der Waals surface area contributed by atoms with Crippen LogP contribution in [0.25, 0.3) is 0 Å². The third kappa shape index (κ3) is 2.11. The predicted molar refractivity (Wildman–Crippen MR) is 31.9 cm³/mol. The average molecular weight is 130 g/mol. The smallest absolute Gasteiger partial charge is 0.0509 e. The first kappa shape index (κ1) is 7.69. The zero-order valence-corrected chi connectivity index (χ0v) is 6.39. The van der Waals surface area contributed by atoms with Crippen LogP contribution in [-0.2, 0) is 4.79 Å². The zero-order valence-electron chi connectivity index (χ0n) is 5.39. The van der Waals surface area contributed by atoms with Crippen LogP contribution in [0.4, 0.5) is 0 Å². The van der Waals surface area contributed by atoms with Gasteiger partial charge in [-0.15, -0.1) is 0 Å². The van der Waals surface area contributed by atoms with Crippen LogP contribution >= 0.6 is 0 Å². The van der Waals surface area contributed by atoms with Crippen LogP contribution < -0.4 is 5.11 Å². The number of rotatable bonds is 2. The summed E-state index contributed by atoms with van der Waals surface area (Å²) in [6.07, 6.45) is 0. The summed E-state index contributed by atoms with van der Waals surface area (Å²) in [4.78, 5) is 10.1. The number of hydrogen-bond acceptors (Lipinski definition) is 2. The Balaban J connectivity index is 3.64. The first-order valence-corrected chi connectivity index (χ1v) is 5.14. The Morgan fingerprint density at radius 2 is 2.00 bits per heavy atom. The molecule has 1 atom stereocenters.